The number of nitrogens with zero attached hydrogens (tertiary/aromatic N) is 2. The molecule has 1 atom stereocenters. The molecular weight excluding hydrogens is 318 g/mol. The van der Waals surface area contributed by atoms with Gasteiger partial charge in [-0.15, -0.1) is 0 Å². The standard InChI is InChI=1S/C15H26BrN3O/c1-5-12(3)19(7-8-20-4)15-13(10-17-6-2)9-14(16)11-18-15/h9,11-12,17H,5-8,10H2,1-4H3. The van der Waals surface area contributed by atoms with Crippen LogP contribution in [0.25, 0.3) is 0 Å². The Hall–Kier alpha value is -0.650. The Morgan fingerprint density at radius 1 is 1.45 bits per heavy atom. The maximum Gasteiger partial charge on any atom is 0.133 e. The van der Waals surface area contributed by atoms with Crippen molar-refractivity contribution in [2.45, 2.75) is 39.8 Å². The van der Waals surface area contributed by atoms with Crippen LogP contribution in [0.15, 0.2) is 16.7 Å². The first-order valence-corrected chi connectivity index (χ1v) is 8.04. The SMILES string of the molecule is CCNCc1cc(Br)cnc1N(CCOC)C(C)CC. The van der Waals surface area contributed by atoms with E-state index in [-0.39, 0.29) is 0 Å². The van der Waals surface area contributed by atoms with Gasteiger partial charge < -0.3 is 15.0 Å². The van der Waals surface area contributed by atoms with E-state index in [9.17, 15) is 0 Å². The number of rotatable bonds is 9. The van der Waals surface area contributed by atoms with Gasteiger partial charge in [0.05, 0.1) is 6.61 Å². The van der Waals surface area contributed by atoms with Crippen molar-refractivity contribution in [3.8, 4) is 0 Å². The molecule has 0 aliphatic heterocycles. The fraction of sp³-hybridized carbons (Fsp3) is 0.667. The van der Waals surface area contributed by atoms with Gasteiger partial charge in [0.2, 0.25) is 0 Å². The van der Waals surface area contributed by atoms with E-state index in [0.717, 1.165) is 36.3 Å². The van der Waals surface area contributed by atoms with E-state index < -0.39 is 0 Å². The number of hydrogen-bond acceptors (Lipinski definition) is 4. The van der Waals surface area contributed by atoms with Gasteiger partial charge in [0.15, 0.2) is 0 Å². The Kier molecular flexibility index (Phi) is 8.11. The summed E-state index contributed by atoms with van der Waals surface area (Å²) in [5.74, 6) is 1.06. The van der Waals surface area contributed by atoms with Gasteiger partial charge in [-0.3, -0.25) is 0 Å². The van der Waals surface area contributed by atoms with Crippen molar-refractivity contribution >= 4 is 21.7 Å². The van der Waals surface area contributed by atoms with Crippen molar-refractivity contribution in [1.82, 2.24) is 10.3 Å². The number of pyridine rings is 1. The topological polar surface area (TPSA) is 37.4 Å². The van der Waals surface area contributed by atoms with Gasteiger partial charge in [-0.05, 0) is 41.9 Å². The summed E-state index contributed by atoms with van der Waals surface area (Å²) in [5, 5.41) is 3.38. The van der Waals surface area contributed by atoms with Gasteiger partial charge in [0.25, 0.3) is 0 Å². The molecule has 0 aromatic carbocycles. The van der Waals surface area contributed by atoms with Crippen molar-refractivity contribution < 1.29 is 4.74 Å². The van der Waals surface area contributed by atoms with Crippen LogP contribution in [0.3, 0.4) is 0 Å². The van der Waals surface area contributed by atoms with E-state index >= 15 is 0 Å². The van der Waals surface area contributed by atoms with Crippen LogP contribution in [0.4, 0.5) is 5.82 Å². The zero-order valence-electron chi connectivity index (χ0n) is 12.9. The highest BCUT2D eigenvalue weighted by molar-refractivity contribution is 9.10. The first kappa shape index (κ1) is 17.4. The number of hydrogen-bond donors (Lipinski definition) is 1. The van der Waals surface area contributed by atoms with E-state index in [0.29, 0.717) is 12.6 Å². The van der Waals surface area contributed by atoms with E-state index in [2.05, 4.69) is 58.0 Å². The normalized spacial score (nSPS) is 12.4. The molecule has 0 bridgehead atoms. The first-order valence-electron chi connectivity index (χ1n) is 7.24. The maximum atomic E-state index is 5.24. The molecule has 1 heterocycles. The van der Waals surface area contributed by atoms with Crippen LogP contribution in [-0.2, 0) is 11.3 Å². The molecule has 1 rings (SSSR count). The molecule has 0 aliphatic rings. The van der Waals surface area contributed by atoms with Gasteiger partial charge in [0.1, 0.15) is 5.82 Å². The Morgan fingerprint density at radius 2 is 2.20 bits per heavy atom. The number of methoxy groups -OCH3 is 1. The average molecular weight is 344 g/mol. The van der Waals surface area contributed by atoms with Crippen molar-refractivity contribution in [1.29, 1.82) is 0 Å². The predicted octanol–water partition coefficient (Wildman–Crippen LogP) is 3.20. The summed E-state index contributed by atoms with van der Waals surface area (Å²) in [4.78, 5) is 6.97. The van der Waals surface area contributed by atoms with Crippen molar-refractivity contribution in [3.63, 3.8) is 0 Å². The molecule has 0 radical (unpaired) electrons. The monoisotopic (exact) mass is 343 g/mol. The Labute approximate surface area is 131 Å². The molecule has 4 nitrogen and oxygen atoms in total. The highest BCUT2D eigenvalue weighted by atomic mass is 79.9. The van der Waals surface area contributed by atoms with Crippen LogP contribution in [0.2, 0.25) is 0 Å². The molecule has 0 spiro atoms. The molecule has 114 valence electrons. The summed E-state index contributed by atoms with van der Waals surface area (Å²) >= 11 is 3.51. The third kappa shape index (κ3) is 5.04. The zero-order chi connectivity index (χ0) is 15.0. The smallest absolute Gasteiger partial charge is 0.133 e. The molecule has 1 unspecified atom stereocenters. The highest BCUT2D eigenvalue weighted by Gasteiger charge is 2.17. The number of ether oxygens (including phenoxy) is 1. The Balaban J connectivity index is 3.03. The number of halogens is 1. The van der Waals surface area contributed by atoms with E-state index in [4.69, 9.17) is 4.74 Å². The zero-order valence-corrected chi connectivity index (χ0v) is 14.5. The predicted molar refractivity (Wildman–Crippen MR) is 88.3 cm³/mol. The van der Waals surface area contributed by atoms with Crippen LogP contribution in [0.5, 0.6) is 0 Å². The number of anilines is 1. The Bertz CT molecular complexity index is 401. The lowest BCUT2D eigenvalue weighted by molar-refractivity contribution is 0.203. The Morgan fingerprint density at radius 3 is 2.80 bits per heavy atom. The lowest BCUT2D eigenvalue weighted by atomic mass is 10.1. The van der Waals surface area contributed by atoms with Crippen molar-refractivity contribution in [3.05, 3.63) is 22.3 Å². The summed E-state index contributed by atoms with van der Waals surface area (Å²) in [6.07, 6.45) is 2.95. The summed E-state index contributed by atoms with van der Waals surface area (Å²) in [6.45, 7) is 9.90. The lowest BCUT2D eigenvalue weighted by Gasteiger charge is -2.31. The van der Waals surface area contributed by atoms with Gasteiger partial charge in [-0.2, -0.15) is 0 Å². The van der Waals surface area contributed by atoms with Crippen LogP contribution in [0.1, 0.15) is 32.8 Å². The maximum absolute atomic E-state index is 5.24. The molecule has 1 aromatic heterocycles. The molecule has 0 saturated carbocycles. The van der Waals surface area contributed by atoms with Crippen molar-refractivity contribution in [2.75, 3.05) is 31.7 Å². The fourth-order valence-corrected chi connectivity index (χ4v) is 2.45. The first-order chi connectivity index (χ1) is 9.63. The largest absolute Gasteiger partial charge is 0.383 e. The second-order valence-electron chi connectivity index (χ2n) is 4.86. The minimum atomic E-state index is 0.444. The molecule has 1 aromatic rings. The molecule has 0 aliphatic carbocycles. The van der Waals surface area contributed by atoms with Crippen LogP contribution >= 0.6 is 15.9 Å². The van der Waals surface area contributed by atoms with Crippen molar-refractivity contribution in [2.24, 2.45) is 0 Å². The summed E-state index contributed by atoms with van der Waals surface area (Å²) < 4.78 is 6.26. The number of aromatic nitrogens is 1. The quantitative estimate of drug-likeness (QED) is 0.747. The molecule has 0 saturated heterocycles. The molecule has 1 N–H and O–H groups in total. The summed E-state index contributed by atoms with van der Waals surface area (Å²) in [5.41, 5.74) is 1.22. The molecule has 0 fully saturated rings. The average Bonchev–Trinajstić information content (AvgIpc) is 2.46. The third-order valence-corrected chi connectivity index (χ3v) is 3.84. The second-order valence-corrected chi connectivity index (χ2v) is 5.78. The fourth-order valence-electron chi connectivity index (χ4n) is 2.07. The minimum Gasteiger partial charge on any atom is -0.383 e. The van der Waals surface area contributed by atoms with Gasteiger partial charge >= 0.3 is 0 Å². The van der Waals surface area contributed by atoms with Crippen LogP contribution < -0.4 is 10.2 Å². The third-order valence-electron chi connectivity index (χ3n) is 3.41. The van der Waals surface area contributed by atoms with E-state index in [1.807, 2.05) is 6.20 Å². The van der Waals surface area contributed by atoms with E-state index in [1.165, 1.54) is 5.56 Å². The molecule has 20 heavy (non-hydrogen) atoms. The van der Waals surface area contributed by atoms with Crippen LogP contribution in [0, 0.1) is 0 Å². The molecule has 5 heteroatoms. The lowest BCUT2D eigenvalue weighted by Crippen LogP contribution is -2.37. The second kappa shape index (κ2) is 9.32. The summed E-state index contributed by atoms with van der Waals surface area (Å²) in [6, 6.07) is 2.59. The van der Waals surface area contributed by atoms with Gasteiger partial charge in [0, 0.05) is 42.5 Å². The molecule has 0 amide bonds. The van der Waals surface area contributed by atoms with E-state index in [1.54, 1.807) is 7.11 Å². The summed E-state index contributed by atoms with van der Waals surface area (Å²) in [7, 11) is 1.74. The van der Waals surface area contributed by atoms with Gasteiger partial charge in [-0.1, -0.05) is 13.8 Å². The van der Waals surface area contributed by atoms with Gasteiger partial charge in [-0.25, -0.2) is 4.98 Å². The number of nitrogens with one attached hydrogen (secondary N) is 1. The minimum absolute atomic E-state index is 0.444. The van der Waals surface area contributed by atoms with Crippen LogP contribution in [-0.4, -0.2) is 37.8 Å². The molecular formula is C15H26BrN3O. The highest BCUT2D eigenvalue weighted by Crippen LogP contribution is 2.24.